The van der Waals surface area contributed by atoms with E-state index in [4.69, 9.17) is 10.7 Å². The fourth-order valence-electron chi connectivity index (χ4n) is 2.66. The summed E-state index contributed by atoms with van der Waals surface area (Å²) in [5, 5.41) is 0. The quantitative estimate of drug-likeness (QED) is 0.852. The van der Waals surface area contributed by atoms with Crippen LogP contribution in [-0.2, 0) is 6.54 Å². The van der Waals surface area contributed by atoms with Crippen LogP contribution in [0.1, 0.15) is 38.4 Å². The zero-order chi connectivity index (χ0) is 15.5. The average Bonchev–Trinajstić information content (AvgIpc) is 2.79. The molecule has 0 amide bonds. The molecule has 0 atom stereocenters. The van der Waals surface area contributed by atoms with Crippen LogP contribution in [0.15, 0.2) is 24.5 Å². The Morgan fingerprint density at radius 1 is 1.29 bits per heavy atom. The van der Waals surface area contributed by atoms with Gasteiger partial charge in [-0.05, 0) is 43.5 Å². The highest BCUT2D eigenvalue weighted by atomic mass is 15.1. The summed E-state index contributed by atoms with van der Waals surface area (Å²) >= 11 is 0. The van der Waals surface area contributed by atoms with Crippen LogP contribution in [0.2, 0.25) is 0 Å². The number of nitrogens with two attached hydrogens (primary N) is 1. The Morgan fingerprint density at radius 3 is 2.71 bits per heavy atom. The molecular weight excluding hydrogens is 260 g/mol. The molecule has 0 saturated heterocycles. The molecule has 2 N–H and O–H groups in total. The normalized spacial score (nSPS) is 12.5. The second kappa shape index (κ2) is 6.58. The lowest BCUT2D eigenvalue weighted by atomic mass is 9.93. The van der Waals surface area contributed by atoms with Gasteiger partial charge in [0.2, 0.25) is 0 Å². The van der Waals surface area contributed by atoms with Gasteiger partial charge in [0.1, 0.15) is 5.65 Å². The second-order valence-corrected chi connectivity index (χ2v) is 6.78. The number of fused-ring (bicyclic) bond motifs is 1. The van der Waals surface area contributed by atoms with Crippen LogP contribution < -0.4 is 5.73 Å². The Morgan fingerprint density at radius 2 is 2.05 bits per heavy atom. The van der Waals surface area contributed by atoms with E-state index in [1.54, 1.807) is 0 Å². The van der Waals surface area contributed by atoms with Crippen LogP contribution in [0.4, 0.5) is 0 Å². The number of imidazole rings is 1. The van der Waals surface area contributed by atoms with Crippen molar-refractivity contribution >= 4 is 5.65 Å². The maximum atomic E-state index is 5.88. The second-order valence-electron chi connectivity index (χ2n) is 6.78. The molecule has 0 bridgehead atoms. The fraction of sp³-hybridized carbons (Fsp3) is 0.588. The number of aromatic nitrogens is 2. The number of hydrogen-bond acceptors (Lipinski definition) is 3. The predicted molar refractivity (Wildman–Crippen MR) is 88.3 cm³/mol. The average molecular weight is 288 g/mol. The summed E-state index contributed by atoms with van der Waals surface area (Å²) in [5.74, 6) is 0. The summed E-state index contributed by atoms with van der Waals surface area (Å²) in [5.41, 5.74) is 9.42. The van der Waals surface area contributed by atoms with Crippen molar-refractivity contribution in [1.29, 1.82) is 0 Å². The molecule has 0 aromatic carbocycles. The first-order valence-electron chi connectivity index (χ1n) is 7.80. The van der Waals surface area contributed by atoms with Crippen molar-refractivity contribution in [1.82, 2.24) is 14.3 Å². The number of pyridine rings is 1. The van der Waals surface area contributed by atoms with Crippen molar-refractivity contribution in [2.45, 2.75) is 40.7 Å². The lowest BCUT2D eigenvalue weighted by Gasteiger charge is -2.31. The largest absolute Gasteiger partial charge is 0.330 e. The van der Waals surface area contributed by atoms with E-state index in [1.807, 2.05) is 0 Å². The van der Waals surface area contributed by atoms with Crippen molar-refractivity contribution in [3.8, 4) is 0 Å². The highest BCUT2D eigenvalue weighted by Crippen LogP contribution is 2.17. The van der Waals surface area contributed by atoms with Gasteiger partial charge in [-0.1, -0.05) is 26.8 Å². The monoisotopic (exact) mass is 288 g/mol. The summed E-state index contributed by atoms with van der Waals surface area (Å²) in [6.07, 6.45) is 5.41. The van der Waals surface area contributed by atoms with Crippen LogP contribution in [-0.4, -0.2) is 33.9 Å². The topological polar surface area (TPSA) is 46.6 Å². The molecule has 116 valence electrons. The number of rotatable bonds is 7. The van der Waals surface area contributed by atoms with E-state index < -0.39 is 0 Å². The van der Waals surface area contributed by atoms with Crippen molar-refractivity contribution in [2.24, 2.45) is 11.1 Å². The molecule has 0 fully saturated rings. The maximum Gasteiger partial charge on any atom is 0.137 e. The molecule has 2 aromatic heterocycles. The Labute approximate surface area is 128 Å². The highest BCUT2D eigenvalue weighted by Gasteiger charge is 2.20. The summed E-state index contributed by atoms with van der Waals surface area (Å²) in [6, 6.07) is 4.18. The van der Waals surface area contributed by atoms with E-state index in [-0.39, 0.29) is 5.41 Å². The van der Waals surface area contributed by atoms with Gasteiger partial charge in [-0.3, -0.25) is 4.90 Å². The van der Waals surface area contributed by atoms with E-state index in [2.05, 4.69) is 61.5 Å². The lowest BCUT2D eigenvalue weighted by Crippen LogP contribution is -2.38. The van der Waals surface area contributed by atoms with Gasteiger partial charge in [0.05, 0.1) is 5.69 Å². The summed E-state index contributed by atoms with van der Waals surface area (Å²) in [6.45, 7) is 12.4. The fourth-order valence-corrected chi connectivity index (χ4v) is 2.66. The molecule has 4 heteroatoms. The molecule has 21 heavy (non-hydrogen) atoms. The van der Waals surface area contributed by atoms with Crippen molar-refractivity contribution < 1.29 is 0 Å². The Balaban J connectivity index is 2.14. The highest BCUT2D eigenvalue weighted by molar-refractivity contribution is 5.41. The zero-order valence-corrected chi connectivity index (χ0v) is 13.8. The molecule has 0 aliphatic heterocycles. The van der Waals surface area contributed by atoms with Gasteiger partial charge in [-0.15, -0.1) is 0 Å². The van der Waals surface area contributed by atoms with Crippen LogP contribution in [0, 0.1) is 12.3 Å². The van der Waals surface area contributed by atoms with Crippen molar-refractivity contribution in [3.63, 3.8) is 0 Å². The molecule has 0 radical (unpaired) electrons. The van der Waals surface area contributed by atoms with Gasteiger partial charge in [0.15, 0.2) is 0 Å². The van der Waals surface area contributed by atoms with E-state index in [0.29, 0.717) is 6.54 Å². The Kier molecular flexibility index (Phi) is 5.01. The number of hydrogen-bond donors (Lipinski definition) is 1. The first-order chi connectivity index (χ1) is 9.93. The molecule has 2 rings (SSSR count). The molecule has 0 saturated carbocycles. The van der Waals surface area contributed by atoms with E-state index in [9.17, 15) is 0 Å². The van der Waals surface area contributed by atoms with Crippen molar-refractivity contribution in [3.05, 3.63) is 35.8 Å². The van der Waals surface area contributed by atoms with Crippen LogP contribution in [0.25, 0.3) is 5.65 Å². The number of aryl methyl sites for hydroxylation is 1. The Hall–Kier alpha value is -1.39. The predicted octanol–water partition coefficient (Wildman–Crippen LogP) is 2.84. The van der Waals surface area contributed by atoms with E-state index >= 15 is 0 Å². The minimum atomic E-state index is 0.144. The third-order valence-electron chi connectivity index (χ3n) is 3.78. The minimum absolute atomic E-state index is 0.144. The number of nitrogens with zero attached hydrogens (tertiary/aromatic N) is 3. The molecule has 0 spiro atoms. The van der Waals surface area contributed by atoms with Gasteiger partial charge in [0, 0.05) is 25.5 Å². The van der Waals surface area contributed by atoms with Gasteiger partial charge in [-0.2, -0.15) is 0 Å². The maximum absolute atomic E-state index is 5.88. The van der Waals surface area contributed by atoms with Gasteiger partial charge >= 0.3 is 0 Å². The SMILES string of the molecule is CCCN(Cc1cn2cc(C)ccc2n1)CC(C)(C)CN. The van der Waals surface area contributed by atoms with Gasteiger partial charge in [0.25, 0.3) is 0 Å². The smallest absolute Gasteiger partial charge is 0.137 e. The van der Waals surface area contributed by atoms with Crippen molar-refractivity contribution in [2.75, 3.05) is 19.6 Å². The molecule has 0 aliphatic carbocycles. The minimum Gasteiger partial charge on any atom is -0.330 e. The molecular formula is C17H28N4. The summed E-state index contributed by atoms with van der Waals surface area (Å²) in [7, 11) is 0. The van der Waals surface area contributed by atoms with E-state index in [0.717, 1.165) is 37.4 Å². The first kappa shape index (κ1) is 16.0. The van der Waals surface area contributed by atoms with Crippen LogP contribution in [0.5, 0.6) is 0 Å². The summed E-state index contributed by atoms with van der Waals surface area (Å²) < 4.78 is 2.11. The summed E-state index contributed by atoms with van der Waals surface area (Å²) in [4.78, 5) is 7.18. The molecule has 2 aromatic rings. The zero-order valence-electron chi connectivity index (χ0n) is 13.8. The molecule has 0 aliphatic rings. The van der Waals surface area contributed by atoms with Crippen LogP contribution in [0.3, 0.4) is 0 Å². The van der Waals surface area contributed by atoms with Gasteiger partial charge in [-0.25, -0.2) is 4.98 Å². The standard InChI is InChI=1S/C17H28N4/c1-5-8-20(13-17(3,4)12-18)10-15-11-21-9-14(2)6-7-16(21)19-15/h6-7,9,11H,5,8,10,12-13,18H2,1-4H3. The Bertz CT molecular complexity index is 585. The van der Waals surface area contributed by atoms with Gasteiger partial charge < -0.3 is 10.1 Å². The third kappa shape index (κ3) is 4.29. The lowest BCUT2D eigenvalue weighted by molar-refractivity contribution is 0.174. The first-order valence-corrected chi connectivity index (χ1v) is 7.80. The third-order valence-corrected chi connectivity index (χ3v) is 3.78. The van der Waals surface area contributed by atoms with E-state index in [1.165, 1.54) is 5.56 Å². The molecule has 2 heterocycles. The van der Waals surface area contributed by atoms with Crippen LogP contribution >= 0.6 is 0 Å². The molecule has 4 nitrogen and oxygen atoms in total. The molecule has 0 unspecified atom stereocenters.